The number of ether oxygens (including phenoxy) is 1. The monoisotopic (exact) mass is 359 g/mol. The summed E-state index contributed by atoms with van der Waals surface area (Å²) in [4.78, 5) is 32.6. The van der Waals surface area contributed by atoms with Crippen LogP contribution in [-0.2, 0) is 20.9 Å². The molecule has 2 heterocycles. The van der Waals surface area contributed by atoms with Crippen LogP contribution in [0.1, 0.15) is 38.3 Å². The number of aromatic nitrogens is 2. The van der Waals surface area contributed by atoms with Crippen molar-refractivity contribution in [2.75, 3.05) is 0 Å². The van der Waals surface area contributed by atoms with Gasteiger partial charge in [-0.3, -0.25) is 9.78 Å². The third-order valence-electron chi connectivity index (χ3n) is 4.28. The quantitative estimate of drug-likeness (QED) is 0.802. The molecule has 0 saturated heterocycles. The molecular formula is C18H21N3O3S. The highest BCUT2D eigenvalue weighted by Gasteiger charge is 2.32. The van der Waals surface area contributed by atoms with E-state index in [4.69, 9.17) is 4.74 Å². The van der Waals surface area contributed by atoms with Crippen LogP contribution in [-0.4, -0.2) is 27.9 Å². The number of nitrogens with one attached hydrogen (secondary N) is 1. The first-order chi connectivity index (χ1) is 12.1. The summed E-state index contributed by atoms with van der Waals surface area (Å²) in [5.74, 6) is -0.426. The molecule has 0 spiro atoms. The van der Waals surface area contributed by atoms with E-state index in [2.05, 4.69) is 15.3 Å². The number of hydrogen-bond acceptors (Lipinski definition) is 6. The van der Waals surface area contributed by atoms with Crippen molar-refractivity contribution in [2.24, 2.45) is 5.92 Å². The summed E-state index contributed by atoms with van der Waals surface area (Å²) in [5, 5.41) is 5.40. The molecule has 1 aliphatic carbocycles. The number of carbonyl (C=O) groups is 2. The molecule has 1 atom stereocenters. The van der Waals surface area contributed by atoms with Crippen LogP contribution >= 0.6 is 11.3 Å². The Balaban J connectivity index is 1.60. The second kappa shape index (κ2) is 8.20. The largest absolute Gasteiger partial charge is 0.458 e. The molecule has 1 aliphatic rings. The average Bonchev–Trinajstić information content (AvgIpc) is 3.30. The predicted octanol–water partition coefficient (Wildman–Crippen LogP) is 2.94. The van der Waals surface area contributed by atoms with Crippen LogP contribution in [0.25, 0.3) is 10.7 Å². The zero-order valence-corrected chi connectivity index (χ0v) is 14.9. The Hall–Kier alpha value is -2.28. The van der Waals surface area contributed by atoms with Crippen LogP contribution in [0.2, 0.25) is 0 Å². The minimum atomic E-state index is -0.561. The van der Waals surface area contributed by atoms with Crippen molar-refractivity contribution in [2.45, 2.75) is 45.3 Å². The smallest absolute Gasteiger partial charge is 0.329 e. The molecule has 6 nitrogen and oxygen atoms in total. The topological polar surface area (TPSA) is 81.2 Å². The number of pyridine rings is 1. The van der Waals surface area contributed by atoms with E-state index in [1.54, 1.807) is 6.20 Å². The molecule has 2 aromatic rings. The average molecular weight is 359 g/mol. The second-order valence-corrected chi connectivity index (χ2v) is 7.05. The van der Waals surface area contributed by atoms with Crippen molar-refractivity contribution in [3.63, 3.8) is 0 Å². The van der Waals surface area contributed by atoms with Gasteiger partial charge in [-0.05, 0) is 30.9 Å². The number of hydrogen-bond donors (Lipinski definition) is 1. The van der Waals surface area contributed by atoms with Crippen molar-refractivity contribution < 1.29 is 14.3 Å². The Morgan fingerprint density at radius 3 is 2.84 bits per heavy atom. The lowest BCUT2D eigenvalue weighted by Crippen LogP contribution is -2.45. The second-order valence-electron chi connectivity index (χ2n) is 6.19. The van der Waals surface area contributed by atoms with Crippen molar-refractivity contribution in [1.29, 1.82) is 0 Å². The normalized spacial score (nSPS) is 15.7. The lowest BCUT2D eigenvalue weighted by atomic mass is 9.98. The minimum Gasteiger partial charge on any atom is -0.458 e. The zero-order valence-electron chi connectivity index (χ0n) is 14.1. The highest BCUT2D eigenvalue weighted by atomic mass is 32.1. The molecule has 1 unspecified atom stereocenters. The standard InChI is InChI=1S/C18H21N3O3S/c1-12(22)20-16(13-6-2-3-7-13)18(23)24-10-14-11-25-17(21-14)15-8-4-5-9-19-15/h4-5,8-9,11,13,16H,2-3,6-7,10H2,1H3,(H,20,22). The van der Waals surface area contributed by atoms with Crippen molar-refractivity contribution in [1.82, 2.24) is 15.3 Å². The molecule has 0 bridgehead atoms. The van der Waals surface area contributed by atoms with Crippen molar-refractivity contribution in [3.8, 4) is 10.7 Å². The third-order valence-corrected chi connectivity index (χ3v) is 5.20. The molecule has 2 aromatic heterocycles. The highest BCUT2D eigenvalue weighted by Crippen LogP contribution is 2.28. The Kier molecular flexibility index (Phi) is 5.75. The maximum Gasteiger partial charge on any atom is 0.329 e. The van der Waals surface area contributed by atoms with Crippen LogP contribution in [0, 0.1) is 5.92 Å². The summed E-state index contributed by atoms with van der Waals surface area (Å²) in [5.41, 5.74) is 1.49. The number of rotatable bonds is 6. The molecule has 7 heteroatoms. The molecule has 3 rings (SSSR count). The van der Waals surface area contributed by atoms with Gasteiger partial charge in [0.05, 0.1) is 11.4 Å². The van der Waals surface area contributed by atoms with Gasteiger partial charge in [0.1, 0.15) is 17.7 Å². The predicted molar refractivity (Wildman–Crippen MR) is 94.7 cm³/mol. The maximum atomic E-state index is 12.4. The fourth-order valence-corrected chi connectivity index (χ4v) is 3.87. The van der Waals surface area contributed by atoms with Gasteiger partial charge in [-0.15, -0.1) is 11.3 Å². The number of amides is 1. The Morgan fingerprint density at radius 1 is 1.36 bits per heavy atom. The fraction of sp³-hybridized carbons (Fsp3) is 0.444. The van der Waals surface area contributed by atoms with E-state index in [-0.39, 0.29) is 24.4 Å². The van der Waals surface area contributed by atoms with E-state index in [1.807, 2.05) is 23.6 Å². The lowest BCUT2D eigenvalue weighted by molar-refractivity contribution is -0.150. The number of esters is 1. The molecular weight excluding hydrogens is 338 g/mol. The van der Waals surface area contributed by atoms with E-state index in [1.165, 1.54) is 18.3 Å². The van der Waals surface area contributed by atoms with Gasteiger partial charge in [-0.2, -0.15) is 0 Å². The number of thiazole rings is 1. The lowest BCUT2D eigenvalue weighted by Gasteiger charge is -2.22. The summed E-state index contributed by atoms with van der Waals surface area (Å²) in [6, 6.07) is 5.09. The molecule has 0 aromatic carbocycles. The van der Waals surface area contributed by atoms with Gasteiger partial charge in [0.2, 0.25) is 5.91 Å². The zero-order chi connectivity index (χ0) is 17.6. The molecule has 25 heavy (non-hydrogen) atoms. The van der Waals surface area contributed by atoms with Crippen LogP contribution < -0.4 is 5.32 Å². The maximum absolute atomic E-state index is 12.4. The Bertz CT molecular complexity index is 726. The Morgan fingerprint density at radius 2 is 2.16 bits per heavy atom. The van der Waals surface area contributed by atoms with Gasteiger partial charge in [-0.25, -0.2) is 9.78 Å². The summed E-state index contributed by atoms with van der Waals surface area (Å²) in [7, 11) is 0. The van der Waals surface area contributed by atoms with Gasteiger partial charge in [0, 0.05) is 18.5 Å². The van der Waals surface area contributed by atoms with Crippen LogP contribution in [0.5, 0.6) is 0 Å². The number of carbonyl (C=O) groups excluding carboxylic acids is 2. The van der Waals surface area contributed by atoms with E-state index >= 15 is 0 Å². The molecule has 0 aliphatic heterocycles. The third kappa shape index (κ3) is 4.63. The van der Waals surface area contributed by atoms with Crippen LogP contribution in [0.15, 0.2) is 29.8 Å². The van der Waals surface area contributed by atoms with Gasteiger partial charge in [0.25, 0.3) is 0 Å². The van der Waals surface area contributed by atoms with Crippen molar-refractivity contribution >= 4 is 23.2 Å². The van der Waals surface area contributed by atoms with Gasteiger partial charge in [0.15, 0.2) is 0 Å². The molecule has 1 N–H and O–H groups in total. The SMILES string of the molecule is CC(=O)NC(C(=O)OCc1csc(-c2ccccn2)n1)C1CCCC1. The first-order valence-corrected chi connectivity index (χ1v) is 9.31. The summed E-state index contributed by atoms with van der Waals surface area (Å²) in [6.45, 7) is 1.53. The van der Waals surface area contributed by atoms with E-state index < -0.39 is 6.04 Å². The summed E-state index contributed by atoms with van der Waals surface area (Å²) < 4.78 is 5.42. The molecule has 132 valence electrons. The van der Waals surface area contributed by atoms with Gasteiger partial charge < -0.3 is 10.1 Å². The molecule has 1 fully saturated rings. The number of nitrogens with zero attached hydrogens (tertiary/aromatic N) is 2. The van der Waals surface area contributed by atoms with Crippen LogP contribution in [0.4, 0.5) is 0 Å². The molecule has 1 amide bonds. The highest BCUT2D eigenvalue weighted by molar-refractivity contribution is 7.13. The summed E-state index contributed by atoms with van der Waals surface area (Å²) >= 11 is 1.46. The van der Waals surface area contributed by atoms with E-state index in [0.29, 0.717) is 5.69 Å². The Labute approximate surface area is 150 Å². The van der Waals surface area contributed by atoms with Gasteiger partial charge in [-0.1, -0.05) is 18.9 Å². The molecule has 1 saturated carbocycles. The fourth-order valence-electron chi connectivity index (χ4n) is 3.09. The van der Waals surface area contributed by atoms with Gasteiger partial charge >= 0.3 is 5.97 Å². The van der Waals surface area contributed by atoms with Crippen molar-refractivity contribution in [3.05, 3.63) is 35.5 Å². The first-order valence-electron chi connectivity index (χ1n) is 8.43. The summed E-state index contributed by atoms with van der Waals surface area (Å²) in [6.07, 6.45) is 5.79. The molecule has 0 radical (unpaired) electrons. The first kappa shape index (κ1) is 17.5. The van der Waals surface area contributed by atoms with E-state index in [9.17, 15) is 9.59 Å². The van der Waals surface area contributed by atoms with E-state index in [0.717, 1.165) is 36.4 Å². The van der Waals surface area contributed by atoms with Crippen LogP contribution in [0.3, 0.4) is 0 Å². The minimum absolute atomic E-state index is 0.102.